The van der Waals surface area contributed by atoms with Gasteiger partial charge < -0.3 is 14.8 Å². The van der Waals surface area contributed by atoms with E-state index in [2.05, 4.69) is 5.32 Å². The van der Waals surface area contributed by atoms with Gasteiger partial charge >= 0.3 is 6.09 Å². The summed E-state index contributed by atoms with van der Waals surface area (Å²) in [6, 6.07) is 14.1. The maximum Gasteiger partial charge on any atom is 0.407 e. The topological polar surface area (TPSA) is 55.4 Å². The normalized spacial score (nSPS) is 12.7. The molecule has 0 aliphatic carbocycles. The number of hydrogen-bond donors (Lipinski definition) is 1. The highest BCUT2D eigenvalue weighted by atomic mass is 16.6. The Kier molecular flexibility index (Phi) is 5.37. The van der Waals surface area contributed by atoms with Crippen LogP contribution in [-0.2, 0) is 16.0 Å². The van der Waals surface area contributed by atoms with Gasteiger partial charge in [0, 0.05) is 12.5 Å². The summed E-state index contributed by atoms with van der Waals surface area (Å²) in [5, 5.41) is 4.95. The Morgan fingerprint density at radius 2 is 1.87 bits per heavy atom. The molecule has 0 unspecified atom stereocenters. The van der Waals surface area contributed by atoms with Crippen LogP contribution in [0.5, 0.6) is 0 Å². The molecule has 0 saturated heterocycles. The first-order chi connectivity index (χ1) is 10.9. The molecule has 1 amide bonds. The Balaban J connectivity index is 2.02. The van der Waals surface area contributed by atoms with Gasteiger partial charge in [-0.25, -0.2) is 4.79 Å². The fourth-order valence-electron chi connectivity index (χ4n) is 2.45. The molecule has 0 spiro atoms. The second-order valence-corrected chi connectivity index (χ2v) is 6.62. The molecule has 0 aromatic heterocycles. The molecule has 0 radical (unpaired) electrons. The molecule has 2 aromatic carbocycles. The molecule has 4 nitrogen and oxygen atoms in total. The summed E-state index contributed by atoms with van der Waals surface area (Å²) >= 11 is 0. The summed E-state index contributed by atoms with van der Waals surface area (Å²) in [5.74, 6) is -0.284. The number of rotatable bonds is 5. The second kappa shape index (κ2) is 7.27. The summed E-state index contributed by atoms with van der Waals surface area (Å²) in [6.45, 7) is 5.68. The van der Waals surface area contributed by atoms with E-state index in [1.54, 1.807) is 20.8 Å². The average molecular weight is 313 g/mol. The SMILES string of the molecule is CC(C)(C)OC(=O)NC[C@H](C=O)Cc1cccc2ccccc12. The van der Waals surface area contributed by atoms with Crippen molar-refractivity contribution in [2.45, 2.75) is 32.8 Å². The number of nitrogens with one attached hydrogen (secondary N) is 1. The first-order valence-electron chi connectivity index (χ1n) is 7.78. The Bertz CT molecular complexity index is 683. The number of ether oxygens (including phenoxy) is 1. The quantitative estimate of drug-likeness (QED) is 0.856. The van der Waals surface area contributed by atoms with Crippen LogP contribution in [-0.4, -0.2) is 24.5 Å². The molecule has 0 heterocycles. The molecule has 0 aliphatic heterocycles. The van der Waals surface area contributed by atoms with E-state index < -0.39 is 11.7 Å². The monoisotopic (exact) mass is 313 g/mol. The van der Waals surface area contributed by atoms with Crippen LogP contribution in [0.3, 0.4) is 0 Å². The predicted molar refractivity (Wildman–Crippen MR) is 91.4 cm³/mol. The summed E-state index contributed by atoms with van der Waals surface area (Å²) in [4.78, 5) is 23.0. The van der Waals surface area contributed by atoms with Crippen LogP contribution in [0.25, 0.3) is 10.8 Å². The molecule has 23 heavy (non-hydrogen) atoms. The fraction of sp³-hybridized carbons (Fsp3) is 0.368. The van der Waals surface area contributed by atoms with Crippen LogP contribution in [0.1, 0.15) is 26.3 Å². The lowest BCUT2D eigenvalue weighted by molar-refractivity contribution is -0.110. The van der Waals surface area contributed by atoms with Crippen LogP contribution in [0, 0.1) is 5.92 Å². The predicted octanol–water partition coefficient (Wildman–Crippen LogP) is 3.72. The van der Waals surface area contributed by atoms with Crippen molar-refractivity contribution in [3.63, 3.8) is 0 Å². The van der Waals surface area contributed by atoms with Crippen LogP contribution in [0.4, 0.5) is 4.79 Å². The molecule has 2 aromatic rings. The molecule has 122 valence electrons. The minimum atomic E-state index is -0.545. The van der Waals surface area contributed by atoms with Gasteiger partial charge in [0.25, 0.3) is 0 Å². The molecular formula is C19H23NO3. The van der Waals surface area contributed by atoms with Gasteiger partial charge in [0.05, 0.1) is 0 Å². The maximum absolute atomic E-state index is 11.7. The van der Waals surface area contributed by atoms with E-state index in [9.17, 15) is 9.59 Å². The summed E-state index contributed by atoms with van der Waals surface area (Å²) in [5.41, 5.74) is 0.558. The highest BCUT2D eigenvalue weighted by Gasteiger charge is 2.18. The van der Waals surface area contributed by atoms with E-state index in [-0.39, 0.29) is 12.5 Å². The lowest BCUT2D eigenvalue weighted by Crippen LogP contribution is -2.36. The molecule has 0 bridgehead atoms. The van der Waals surface area contributed by atoms with Crippen molar-refractivity contribution >= 4 is 23.2 Å². The molecule has 0 saturated carbocycles. The second-order valence-electron chi connectivity index (χ2n) is 6.62. The van der Waals surface area contributed by atoms with Crippen molar-refractivity contribution in [1.29, 1.82) is 0 Å². The Morgan fingerprint density at radius 3 is 2.57 bits per heavy atom. The minimum Gasteiger partial charge on any atom is -0.444 e. The number of alkyl carbamates (subject to hydrolysis) is 1. The number of hydrogen-bond acceptors (Lipinski definition) is 3. The standard InChI is InChI=1S/C19H23NO3/c1-19(2,3)23-18(22)20-12-14(13-21)11-16-9-6-8-15-7-4-5-10-17(15)16/h4-10,13-14H,11-12H2,1-3H3,(H,20,22)/t14-/m1/s1. The largest absolute Gasteiger partial charge is 0.444 e. The summed E-state index contributed by atoms with van der Waals surface area (Å²) in [7, 11) is 0. The fourth-order valence-corrected chi connectivity index (χ4v) is 2.45. The Morgan fingerprint density at radius 1 is 1.17 bits per heavy atom. The van der Waals surface area contributed by atoms with Gasteiger partial charge in [-0.05, 0) is 43.5 Å². The van der Waals surface area contributed by atoms with E-state index in [0.717, 1.165) is 22.6 Å². The van der Waals surface area contributed by atoms with Gasteiger partial charge in [-0.15, -0.1) is 0 Å². The number of fused-ring (bicyclic) bond motifs is 1. The highest BCUT2D eigenvalue weighted by Crippen LogP contribution is 2.20. The number of carbonyl (C=O) groups excluding carboxylic acids is 2. The number of aldehydes is 1. The molecule has 0 fully saturated rings. The van der Waals surface area contributed by atoms with Crippen LogP contribution >= 0.6 is 0 Å². The van der Waals surface area contributed by atoms with Crippen molar-refractivity contribution in [3.8, 4) is 0 Å². The van der Waals surface area contributed by atoms with Gasteiger partial charge in [0.1, 0.15) is 11.9 Å². The Labute approximate surface area is 136 Å². The molecule has 0 aliphatic rings. The zero-order valence-corrected chi connectivity index (χ0v) is 13.8. The van der Waals surface area contributed by atoms with Crippen molar-refractivity contribution in [2.75, 3.05) is 6.54 Å². The van der Waals surface area contributed by atoms with Gasteiger partial charge in [-0.3, -0.25) is 0 Å². The third kappa shape index (κ3) is 5.09. The Hall–Kier alpha value is -2.36. The first kappa shape index (κ1) is 17.0. The molecular weight excluding hydrogens is 290 g/mol. The zero-order valence-electron chi connectivity index (χ0n) is 13.8. The van der Waals surface area contributed by atoms with Crippen molar-refractivity contribution in [3.05, 3.63) is 48.0 Å². The van der Waals surface area contributed by atoms with Gasteiger partial charge in [0.2, 0.25) is 0 Å². The van der Waals surface area contributed by atoms with Crippen LogP contribution < -0.4 is 5.32 Å². The summed E-state index contributed by atoms with van der Waals surface area (Å²) < 4.78 is 5.19. The van der Waals surface area contributed by atoms with Crippen molar-refractivity contribution < 1.29 is 14.3 Å². The number of carbonyl (C=O) groups is 2. The maximum atomic E-state index is 11.7. The number of benzene rings is 2. The lowest BCUT2D eigenvalue weighted by atomic mass is 9.95. The average Bonchev–Trinajstić information content (AvgIpc) is 2.50. The van der Waals surface area contributed by atoms with Crippen LogP contribution in [0.15, 0.2) is 42.5 Å². The van der Waals surface area contributed by atoms with Gasteiger partial charge in [-0.1, -0.05) is 42.5 Å². The molecule has 4 heteroatoms. The van der Waals surface area contributed by atoms with E-state index in [4.69, 9.17) is 4.74 Å². The lowest BCUT2D eigenvalue weighted by Gasteiger charge is -2.20. The smallest absolute Gasteiger partial charge is 0.407 e. The molecule has 1 N–H and O–H groups in total. The highest BCUT2D eigenvalue weighted by molar-refractivity contribution is 5.86. The van der Waals surface area contributed by atoms with E-state index in [1.165, 1.54) is 0 Å². The zero-order chi connectivity index (χ0) is 16.9. The van der Waals surface area contributed by atoms with E-state index in [0.29, 0.717) is 6.42 Å². The number of amides is 1. The van der Waals surface area contributed by atoms with E-state index >= 15 is 0 Å². The van der Waals surface area contributed by atoms with Crippen molar-refractivity contribution in [2.24, 2.45) is 5.92 Å². The van der Waals surface area contributed by atoms with E-state index in [1.807, 2.05) is 42.5 Å². The summed E-state index contributed by atoms with van der Waals surface area (Å²) in [6.07, 6.45) is 0.974. The van der Waals surface area contributed by atoms with Crippen LogP contribution in [0.2, 0.25) is 0 Å². The minimum absolute atomic E-state index is 0.266. The third-order valence-corrected chi connectivity index (χ3v) is 3.46. The molecule has 2 rings (SSSR count). The van der Waals surface area contributed by atoms with Gasteiger partial charge in [0.15, 0.2) is 0 Å². The third-order valence-electron chi connectivity index (χ3n) is 3.46. The van der Waals surface area contributed by atoms with Crippen molar-refractivity contribution in [1.82, 2.24) is 5.32 Å². The first-order valence-corrected chi connectivity index (χ1v) is 7.78. The van der Waals surface area contributed by atoms with Gasteiger partial charge in [-0.2, -0.15) is 0 Å². The molecule has 1 atom stereocenters.